The maximum absolute atomic E-state index is 13.1. The van der Waals surface area contributed by atoms with Gasteiger partial charge in [0.1, 0.15) is 5.82 Å². The van der Waals surface area contributed by atoms with Gasteiger partial charge in [0.15, 0.2) is 22.4 Å². The van der Waals surface area contributed by atoms with E-state index in [1.54, 1.807) is 35.9 Å². The molecule has 5 rings (SSSR count). The molecule has 1 fully saturated rings. The molecule has 0 radical (unpaired) electrons. The Labute approximate surface area is 194 Å². The van der Waals surface area contributed by atoms with Crippen LogP contribution in [0.4, 0.5) is 4.39 Å². The molecular weight excluding hydrogens is 443 g/mol. The fourth-order valence-corrected chi connectivity index (χ4v) is 4.60. The molecule has 0 spiro atoms. The average molecular weight is 467 g/mol. The molecule has 4 aromatic rings. The molecule has 9 heteroatoms. The number of piperazine rings is 1. The molecule has 33 heavy (non-hydrogen) atoms. The summed E-state index contributed by atoms with van der Waals surface area (Å²) < 4.78 is 24.2. The SMILES string of the molecule is O=C(CCc1ncc(-c2ccc(F)cc2)o1)N1CCN(Cc2csc(-c3ccco3)n2)CC1. The number of hydrogen-bond donors (Lipinski definition) is 0. The third kappa shape index (κ3) is 5.20. The monoisotopic (exact) mass is 466 g/mol. The van der Waals surface area contributed by atoms with Crippen molar-refractivity contribution in [3.8, 4) is 22.1 Å². The van der Waals surface area contributed by atoms with Crippen LogP contribution in [0.1, 0.15) is 18.0 Å². The molecule has 3 aromatic heterocycles. The third-order valence-electron chi connectivity index (χ3n) is 5.63. The summed E-state index contributed by atoms with van der Waals surface area (Å²) in [6.07, 6.45) is 4.05. The summed E-state index contributed by atoms with van der Waals surface area (Å²) in [4.78, 5) is 25.8. The Balaban J connectivity index is 1.08. The Hall–Kier alpha value is -3.30. The van der Waals surface area contributed by atoms with Gasteiger partial charge in [0, 0.05) is 56.5 Å². The highest BCUT2D eigenvalue weighted by atomic mass is 32.1. The molecule has 1 aliphatic heterocycles. The first kappa shape index (κ1) is 21.5. The number of thiazole rings is 1. The van der Waals surface area contributed by atoms with Crippen LogP contribution in [0.25, 0.3) is 22.1 Å². The number of nitrogens with zero attached hydrogens (tertiary/aromatic N) is 4. The van der Waals surface area contributed by atoms with Crippen molar-refractivity contribution in [2.24, 2.45) is 0 Å². The summed E-state index contributed by atoms with van der Waals surface area (Å²) in [5.41, 5.74) is 1.78. The minimum absolute atomic E-state index is 0.102. The van der Waals surface area contributed by atoms with Gasteiger partial charge in [-0.05, 0) is 36.4 Å². The van der Waals surface area contributed by atoms with Gasteiger partial charge in [-0.2, -0.15) is 0 Å². The van der Waals surface area contributed by atoms with E-state index in [2.05, 4.69) is 20.2 Å². The Morgan fingerprint density at radius 1 is 1.09 bits per heavy atom. The molecule has 1 amide bonds. The van der Waals surface area contributed by atoms with Crippen molar-refractivity contribution in [1.29, 1.82) is 0 Å². The minimum Gasteiger partial charge on any atom is -0.462 e. The van der Waals surface area contributed by atoms with E-state index in [-0.39, 0.29) is 11.7 Å². The molecule has 0 aliphatic carbocycles. The van der Waals surface area contributed by atoms with Gasteiger partial charge in [-0.25, -0.2) is 14.4 Å². The second-order valence-corrected chi connectivity index (χ2v) is 8.76. The topological polar surface area (TPSA) is 75.6 Å². The van der Waals surface area contributed by atoms with Gasteiger partial charge in [-0.15, -0.1) is 11.3 Å². The van der Waals surface area contributed by atoms with Crippen molar-refractivity contribution in [1.82, 2.24) is 19.8 Å². The van der Waals surface area contributed by atoms with Gasteiger partial charge in [0.05, 0.1) is 18.2 Å². The second-order valence-electron chi connectivity index (χ2n) is 7.90. The zero-order valence-electron chi connectivity index (χ0n) is 17.9. The zero-order chi connectivity index (χ0) is 22.6. The van der Waals surface area contributed by atoms with E-state index in [1.807, 2.05) is 17.0 Å². The van der Waals surface area contributed by atoms with Crippen LogP contribution in [0, 0.1) is 5.82 Å². The molecule has 0 unspecified atom stereocenters. The zero-order valence-corrected chi connectivity index (χ0v) is 18.8. The van der Waals surface area contributed by atoms with Crippen LogP contribution >= 0.6 is 11.3 Å². The van der Waals surface area contributed by atoms with E-state index in [1.165, 1.54) is 12.1 Å². The standard InChI is InChI=1S/C24H23FN4O3S/c25-18-5-3-17(4-6-18)21-14-26-22(32-21)7-8-23(30)29-11-9-28(10-12-29)15-19-16-33-24(27-19)20-2-1-13-31-20/h1-6,13-14,16H,7-12,15H2. The number of carbonyl (C=O) groups is 1. The summed E-state index contributed by atoms with van der Waals surface area (Å²) in [5, 5.41) is 2.95. The van der Waals surface area contributed by atoms with Gasteiger partial charge in [-0.3, -0.25) is 9.69 Å². The molecular formula is C24H23FN4O3S. The van der Waals surface area contributed by atoms with E-state index in [0.29, 0.717) is 37.6 Å². The predicted octanol–water partition coefficient (Wildman–Crippen LogP) is 4.47. The highest BCUT2D eigenvalue weighted by molar-refractivity contribution is 7.13. The first-order valence-corrected chi connectivity index (χ1v) is 11.7. The quantitative estimate of drug-likeness (QED) is 0.400. The lowest BCUT2D eigenvalue weighted by molar-refractivity contribution is -0.133. The Kier molecular flexibility index (Phi) is 6.32. The normalized spacial score (nSPS) is 14.6. The lowest BCUT2D eigenvalue weighted by Gasteiger charge is -2.34. The van der Waals surface area contributed by atoms with Crippen molar-refractivity contribution in [3.63, 3.8) is 0 Å². The summed E-state index contributed by atoms with van der Waals surface area (Å²) in [5.74, 6) is 1.68. The second kappa shape index (κ2) is 9.68. The number of rotatable bonds is 7. The van der Waals surface area contributed by atoms with Crippen LogP contribution in [0.5, 0.6) is 0 Å². The molecule has 0 bridgehead atoms. The van der Waals surface area contributed by atoms with Gasteiger partial charge in [0.2, 0.25) is 5.91 Å². The molecule has 0 atom stereocenters. The van der Waals surface area contributed by atoms with E-state index < -0.39 is 0 Å². The Morgan fingerprint density at radius 2 is 1.91 bits per heavy atom. The lowest BCUT2D eigenvalue weighted by Crippen LogP contribution is -2.48. The highest BCUT2D eigenvalue weighted by Crippen LogP contribution is 2.25. The predicted molar refractivity (Wildman–Crippen MR) is 122 cm³/mol. The summed E-state index contributed by atoms with van der Waals surface area (Å²) in [7, 11) is 0. The lowest BCUT2D eigenvalue weighted by atomic mass is 10.2. The maximum Gasteiger partial charge on any atom is 0.223 e. The molecule has 0 saturated carbocycles. The molecule has 0 N–H and O–H groups in total. The molecule has 1 aromatic carbocycles. The molecule has 1 saturated heterocycles. The van der Waals surface area contributed by atoms with Crippen LogP contribution in [-0.2, 0) is 17.8 Å². The largest absolute Gasteiger partial charge is 0.462 e. The van der Waals surface area contributed by atoms with Crippen molar-refractivity contribution in [2.75, 3.05) is 26.2 Å². The molecule has 1 aliphatic rings. The molecule has 4 heterocycles. The van der Waals surface area contributed by atoms with Gasteiger partial charge < -0.3 is 13.7 Å². The highest BCUT2D eigenvalue weighted by Gasteiger charge is 2.22. The van der Waals surface area contributed by atoms with E-state index >= 15 is 0 Å². The average Bonchev–Trinajstić information content (AvgIpc) is 3.60. The first-order valence-electron chi connectivity index (χ1n) is 10.8. The smallest absolute Gasteiger partial charge is 0.223 e. The number of furan rings is 1. The number of hydrogen-bond acceptors (Lipinski definition) is 7. The third-order valence-corrected chi connectivity index (χ3v) is 6.54. The first-order chi connectivity index (χ1) is 16.1. The Bertz CT molecular complexity index is 1190. The van der Waals surface area contributed by atoms with Crippen LogP contribution < -0.4 is 0 Å². The van der Waals surface area contributed by atoms with E-state index in [4.69, 9.17) is 8.83 Å². The fraction of sp³-hybridized carbons (Fsp3) is 0.292. The summed E-state index contributed by atoms with van der Waals surface area (Å²) >= 11 is 1.58. The number of amides is 1. The number of aryl methyl sites for hydroxylation is 1. The van der Waals surface area contributed by atoms with Crippen LogP contribution in [0.2, 0.25) is 0 Å². The van der Waals surface area contributed by atoms with Gasteiger partial charge in [-0.1, -0.05) is 0 Å². The minimum atomic E-state index is -0.297. The van der Waals surface area contributed by atoms with Crippen molar-refractivity contribution >= 4 is 17.2 Å². The number of benzene rings is 1. The number of carbonyl (C=O) groups excluding carboxylic acids is 1. The maximum atomic E-state index is 13.1. The van der Waals surface area contributed by atoms with Crippen LogP contribution in [0.15, 0.2) is 63.1 Å². The molecule has 170 valence electrons. The van der Waals surface area contributed by atoms with Crippen molar-refractivity contribution in [2.45, 2.75) is 19.4 Å². The van der Waals surface area contributed by atoms with Crippen molar-refractivity contribution < 1.29 is 18.0 Å². The number of oxazole rings is 1. The van der Waals surface area contributed by atoms with Crippen LogP contribution in [0.3, 0.4) is 0 Å². The van der Waals surface area contributed by atoms with E-state index in [9.17, 15) is 9.18 Å². The van der Waals surface area contributed by atoms with Gasteiger partial charge >= 0.3 is 0 Å². The van der Waals surface area contributed by atoms with Crippen LogP contribution in [-0.4, -0.2) is 51.9 Å². The molecule has 7 nitrogen and oxygen atoms in total. The van der Waals surface area contributed by atoms with E-state index in [0.717, 1.165) is 41.7 Å². The fourth-order valence-electron chi connectivity index (χ4n) is 3.82. The number of halogens is 1. The van der Waals surface area contributed by atoms with Gasteiger partial charge in [0.25, 0.3) is 0 Å². The Morgan fingerprint density at radius 3 is 2.67 bits per heavy atom. The summed E-state index contributed by atoms with van der Waals surface area (Å²) in [6, 6.07) is 9.83. The van der Waals surface area contributed by atoms with Crippen molar-refractivity contribution in [3.05, 3.63) is 71.6 Å². The summed E-state index contributed by atoms with van der Waals surface area (Å²) in [6.45, 7) is 3.78. The number of aromatic nitrogens is 2.